The van der Waals surface area contributed by atoms with E-state index in [0.29, 0.717) is 17.6 Å². The number of ether oxygens (including phenoxy) is 1. The molecule has 1 aromatic rings. The molecule has 1 aromatic carbocycles. The number of benzene rings is 1. The van der Waals surface area contributed by atoms with E-state index in [9.17, 15) is 5.11 Å². The van der Waals surface area contributed by atoms with E-state index in [4.69, 9.17) is 4.74 Å². The quantitative estimate of drug-likeness (QED) is 0.845. The molecule has 0 aromatic heterocycles. The predicted molar refractivity (Wildman–Crippen MR) is 68.7 cm³/mol. The van der Waals surface area contributed by atoms with Crippen LogP contribution in [-0.2, 0) is 0 Å². The number of nitrogens with one attached hydrogen (secondary N) is 1. The van der Waals surface area contributed by atoms with E-state index in [1.54, 1.807) is 13.2 Å². The second kappa shape index (κ2) is 5.41. The Kier molecular flexibility index (Phi) is 3.89. The van der Waals surface area contributed by atoms with Crippen molar-refractivity contribution in [1.29, 1.82) is 0 Å². The zero-order valence-corrected chi connectivity index (χ0v) is 10.6. The summed E-state index contributed by atoms with van der Waals surface area (Å²) in [7, 11) is 1.62. The average Bonchev–Trinajstić information content (AvgIpc) is 2.38. The summed E-state index contributed by atoms with van der Waals surface area (Å²) in [5.41, 5.74) is 1.12. The molecule has 1 aliphatic heterocycles. The number of hydrogen-bond acceptors (Lipinski definition) is 3. The van der Waals surface area contributed by atoms with Crippen molar-refractivity contribution in [3.63, 3.8) is 0 Å². The van der Waals surface area contributed by atoms with Gasteiger partial charge in [0.05, 0.1) is 7.11 Å². The molecule has 0 spiro atoms. The van der Waals surface area contributed by atoms with Gasteiger partial charge in [-0.2, -0.15) is 0 Å². The fourth-order valence-corrected chi connectivity index (χ4v) is 2.72. The van der Waals surface area contributed by atoms with E-state index in [-0.39, 0.29) is 5.75 Å². The van der Waals surface area contributed by atoms with Crippen LogP contribution in [0.3, 0.4) is 0 Å². The first-order valence-electron chi connectivity index (χ1n) is 6.30. The van der Waals surface area contributed by atoms with Crippen LogP contribution in [0.1, 0.15) is 31.2 Å². The molecule has 1 saturated heterocycles. The summed E-state index contributed by atoms with van der Waals surface area (Å²) >= 11 is 0. The number of piperidine rings is 1. The summed E-state index contributed by atoms with van der Waals surface area (Å²) in [5.74, 6) is 1.98. The molecule has 1 fully saturated rings. The van der Waals surface area contributed by atoms with Gasteiger partial charge in [0, 0.05) is 5.56 Å². The zero-order chi connectivity index (χ0) is 12.3. The van der Waals surface area contributed by atoms with Gasteiger partial charge in [-0.15, -0.1) is 0 Å². The highest BCUT2D eigenvalue weighted by Crippen LogP contribution is 2.39. The zero-order valence-electron chi connectivity index (χ0n) is 10.6. The van der Waals surface area contributed by atoms with E-state index in [1.165, 1.54) is 12.8 Å². The van der Waals surface area contributed by atoms with E-state index in [0.717, 1.165) is 18.7 Å². The molecule has 0 aliphatic carbocycles. The molecule has 2 rings (SSSR count). The van der Waals surface area contributed by atoms with E-state index < -0.39 is 0 Å². The maximum Gasteiger partial charge on any atom is 0.163 e. The number of phenolic OH excluding ortho intramolecular Hbond substituents is 1. The number of rotatable bonds is 3. The molecule has 0 amide bonds. The third-order valence-corrected chi connectivity index (χ3v) is 3.81. The Labute approximate surface area is 103 Å². The fraction of sp³-hybridized carbons (Fsp3) is 0.571. The molecule has 3 nitrogen and oxygen atoms in total. The molecule has 1 unspecified atom stereocenters. The Morgan fingerprint density at radius 3 is 2.71 bits per heavy atom. The highest BCUT2D eigenvalue weighted by molar-refractivity contribution is 5.47. The van der Waals surface area contributed by atoms with Crippen LogP contribution in [0, 0.1) is 5.92 Å². The van der Waals surface area contributed by atoms with Crippen molar-refractivity contribution >= 4 is 0 Å². The van der Waals surface area contributed by atoms with Crippen LogP contribution in [-0.4, -0.2) is 25.3 Å². The predicted octanol–water partition coefficient (Wildman–Crippen LogP) is 2.50. The molecule has 17 heavy (non-hydrogen) atoms. The van der Waals surface area contributed by atoms with Crippen molar-refractivity contribution in [2.75, 3.05) is 20.2 Å². The highest BCUT2D eigenvalue weighted by Gasteiger charge is 2.24. The van der Waals surface area contributed by atoms with Gasteiger partial charge in [0.15, 0.2) is 11.5 Å². The van der Waals surface area contributed by atoms with E-state index in [1.807, 2.05) is 6.07 Å². The summed E-state index contributed by atoms with van der Waals surface area (Å²) in [6.45, 7) is 4.42. The van der Waals surface area contributed by atoms with Crippen molar-refractivity contribution in [1.82, 2.24) is 5.32 Å². The van der Waals surface area contributed by atoms with Crippen LogP contribution in [0.5, 0.6) is 11.5 Å². The van der Waals surface area contributed by atoms with Crippen LogP contribution in [0.2, 0.25) is 0 Å². The Hall–Kier alpha value is -1.22. The first-order chi connectivity index (χ1) is 8.24. The van der Waals surface area contributed by atoms with Crippen molar-refractivity contribution < 1.29 is 9.84 Å². The maximum atomic E-state index is 9.80. The molecular weight excluding hydrogens is 214 g/mol. The average molecular weight is 235 g/mol. The Balaban J connectivity index is 2.23. The third-order valence-electron chi connectivity index (χ3n) is 3.81. The summed E-state index contributed by atoms with van der Waals surface area (Å²) < 4.78 is 5.32. The molecule has 0 bridgehead atoms. The largest absolute Gasteiger partial charge is 0.504 e. The summed E-state index contributed by atoms with van der Waals surface area (Å²) in [4.78, 5) is 0. The number of aromatic hydroxyl groups is 1. The van der Waals surface area contributed by atoms with Gasteiger partial charge >= 0.3 is 0 Å². The van der Waals surface area contributed by atoms with Crippen LogP contribution in [0.25, 0.3) is 0 Å². The lowest BCUT2D eigenvalue weighted by Gasteiger charge is -2.29. The number of phenols is 1. The molecular formula is C14H21NO2. The Morgan fingerprint density at radius 1 is 1.35 bits per heavy atom. The first-order valence-corrected chi connectivity index (χ1v) is 6.30. The van der Waals surface area contributed by atoms with Crippen LogP contribution < -0.4 is 10.1 Å². The van der Waals surface area contributed by atoms with Crippen molar-refractivity contribution in [3.05, 3.63) is 23.8 Å². The smallest absolute Gasteiger partial charge is 0.163 e. The Bertz CT molecular complexity index is 372. The van der Waals surface area contributed by atoms with Gasteiger partial charge in [0.2, 0.25) is 0 Å². The van der Waals surface area contributed by atoms with Gasteiger partial charge in [0.25, 0.3) is 0 Å². The van der Waals surface area contributed by atoms with Crippen LogP contribution in [0.15, 0.2) is 18.2 Å². The van der Waals surface area contributed by atoms with Crippen LogP contribution in [0.4, 0.5) is 0 Å². The minimum Gasteiger partial charge on any atom is -0.504 e. The van der Waals surface area contributed by atoms with Crippen molar-refractivity contribution in [2.45, 2.75) is 25.7 Å². The molecule has 1 atom stereocenters. The molecule has 0 radical (unpaired) electrons. The summed E-state index contributed by atoms with van der Waals surface area (Å²) in [5, 5.41) is 13.2. The minimum absolute atomic E-state index is 0.241. The van der Waals surface area contributed by atoms with E-state index >= 15 is 0 Å². The number of para-hydroxylation sites is 1. The van der Waals surface area contributed by atoms with Crippen molar-refractivity contribution in [2.24, 2.45) is 5.92 Å². The minimum atomic E-state index is 0.241. The second-order valence-corrected chi connectivity index (χ2v) is 4.78. The molecule has 0 saturated carbocycles. The Morgan fingerprint density at radius 2 is 2.06 bits per heavy atom. The maximum absolute atomic E-state index is 9.80. The molecule has 3 heteroatoms. The normalized spacial score (nSPS) is 18.9. The summed E-state index contributed by atoms with van der Waals surface area (Å²) in [6.07, 6.45) is 2.39. The van der Waals surface area contributed by atoms with Gasteiger partial charge in [0.1, 0.15) is 0 Å². The summed E-state index contributed by atoms with van der Waals surface area (Å²) in [6, 6.07) is 5.63. The molecule has 1 heterocycles. The lowest BCUT2D eigenvalue weighted by Crippen LogP contribution is -2.30. The van der Waals surface area contributed by atoms with Gasteiger partial charge in [-0.3, -0.25) is 0 Å². The van der Waals surface area contributed by atoms with Gasteiger partial charge in [-0.05, 0) is 43.8 Å². The van der Waals surface area contributed by atoms with Crippen molar-refractivity contribution in [3.8, 4) is 11.5 Å². The fourth-order valence-electron chi connectivity index (χ4n) is 2.72. The SMILES string of the molecule is COc1c(O)cccc1C(C)C1CCNCC1. The molecule has 94 valence electrons. The monoisotopic (exact) mass is 235 g/mol. The van der Waals surface area contributed by atoms with E-state index in [2.05, 4.69) is 18.3 Å². The van der Waals surface area contributed by atoms with Gasteiger partial charge < -0.3 is 15.2 Å². The lowest BCUT2D eigenvalue weighted by atomic mass is 9.81. The first kappa shape index (κ1) is 12.2. The topological polar surface area (TPSA) is 41.5 Å². The lowest BCUT2D eigenvalue weighted by molar-refractivity contribution is 0.316. The van der Waals surface area contributed by atoms with Gasteiger partial charge in [-0.1, -0.05) is 19.1 Å². The highest BCUT2D eigenvalue weighted by atomic mass is 16.5. The van der Waals surface area contributed by atoms with Crippen LogP contribution >= 0.6 is 0 Å². The number of methoxy groups -OCH3 is 1. The third kappa shape index (κ3) is 2.55. The molecule has 2 N–H and O–H groups in total. The standard InChI is InChI=1S/C14H21NO2/c1-10(11-6-8-15-9-7-11)12-4-3-5-13(16)14(12)17-2/h3-5,10-11,15-16H,6-9H2,1-2H3. The second-order valence-electron chi connectivity index (χ2n) is 4.78. The molecule has 1 aliphatic rings. The number of hydrogen-bond donors (Lipinski definition) is 2. The van der Waals surface area contributed by atoms with Gasteiger partial charge in [-0.25, -0.2) is 0 Å².